The molecule has 1 heterocycles. The number of carbonyl (C=O) groups excluding carboxylic acids is 1. The summed E-state index contributed by atoms with van der Waals surface area (Å²) in [6.45, 7) is 2.03. The smallest absolute Gasteiger partial charge is 0.252 e. The SMILES string of the molecule is CCc1ncc(C(=O)NC)cc1OC1CC1. The molecule has 4 nitrogen and oxygen atoms in total. The molecule has 0 spiro atoms. The monoisotopic (exact) mass is 220 g/mol. The Balaban J connectivity index is 2.25. The van der Waals surface area contributed by atoms with Crippen LogP contribution in [0.15, 0.2) is 12.3 Å². The van der Waals surface area contributed by atoms with Gasteiger partial charge in [-0.25, -0.2) is 0 Å². The molecule has 0 aliphatic heterocycles. The van der Waals surface area contributed by atoms with Crippen molar-refractivity contribution in [3.05, 3.63) is 23.5 Å². The van der Waals surface area contributed by atoms with Crippen molar-refractivity contribution in [2.75, 3.05) is 7.05 Å². The van der Waals surface area contributed by atoms with Crippen LogP contribution < -0.4 is 10.1 Å². The highest BCUT2D eigenvalue weighted by molar-refractivity contribution is 5.94. The number of nitrogens with one attached hydrogen (secondary N) is 1. The lowest BCUT2D eigenvalue weighted by molar-refractivity contribution is 0.0962. The summed E-state index contributed by atoms with van der Waals surface area (Å²) in [5.74, 6) is 0.627. The first-order valence-corrected chi connectivity index (χ1v) is 5.62. The zero-order chi connectivity index (χ0) is 11.5. The Labute approximate surface area is 95.0 Å². The van der Waals surface area contributed by atoms with Crippen LogP contribution in [-0.4, -0.2) is 24.0 Å². The minimum absolute atomic E-state index is 0.129. The summed E-state index contributed by atoms with van der Waals surface area (Å²) < 4.78 is 5.74. The van der Waals surface area contributed by atoms with E-state index in [2.05, 4.69) is 10.3 Å². The Morgan fingerprint density at radius 3 is 2.94 bits per heavy atom. The third kappa shape index (κ3) is 2.32. The molecule has 16 heavy (non-hydrogen) atoms. The van der Waals surface area contributed by atoms with E-state index in [0.717, 1.165) is 30.7 Å². The number of hydrogen-bond donors (Lipinski definition) is 1. The summed E-state index contributed by atoms with van der Waals surface area (Å²) in [4.78, 5) is 15.7. The molecule has 1 amide bonds. The van der Waals surface area contributed by atoms with Crippen LogP contribution in [0.2, 0.25) is 0 Å². The summed E-state index contributed by atoms with van der Waals surface area (Å²) >= 11 is 0. The normalized spacial score (nSPS) is 14.6. The number of aryl methyl sites for hydroxylation is 1. The van der Waals surface area contributed by atoms with Crippen LogP contribution in [0.5, 0.6) is 5.75 Å². The van der Waals surface area contributed by atoms with Crippen LogP contribution in [0, 0.1) is 0 Å². The molecule has 0 saturated heterocycles. The number of pyridine rings is 1. The van der Waals surface area contributed by atoms with Gasteiger partial charge in [-0.3, -0.25) is 9.78 Å². The molecule has 0 unspecified atom stereocenters. The second-order valence-corrected chi connectivity index (χ2v) is 3.92. The molecule has 86 valence electrons. The minimum atomic E-state index is -0.129. The zero-order valence-corrected chi connectivity index (χ0v) is 9.62. The van der Waals surface area contributed by atoms with Crippen molar-refractivity contribution in [2.24, 2.45) is 0 Å². The quantitative estimate of drug-likeness (QED) is 0.837. The van der Waals surface area contributed by atoms with Crippen molar-refractivity contribution in [1.29, 1.82) is 0 Å². The van der Waals surface area contributed by atoms with Gasteiger partial charge < -0.3 is 10.1 Å². The van der Waals surface area contributed by atoms with E-state index in [-0.39, 0.29) is 5.91 Å². The Kier molecular flexibility index (Phi) is 3.08. The number of rotatable bonds is 4. The number of nitrogens with zero attached hydrogens (tertiary/aromatic N) is 1. The molecule has 0 aromatic carbocycles. The van der Waals surface area contributed by atoms with Gasteiger partial charge in [-0.2, -0.15) is 0 Å². The van der Waals surface area contributed by atoms with Crippen LogP contribution >= 0.6 is 0 Å². The largest absolute Gasteiger partial charge is 0.488 e. The molecule has 1 aliphatic carbocycles. The standard InChI is InChI=1S/C12H16N2O2/c1-3-10-11(16-9-4-5-9)6-8(7-14-10)12(15)13-2/h6-7,9H,3-5H2,1-2H3,(H,13,15). The van der Waals surface area contributed by atoms with E-state index in [1.807, 2.05) is 6.92 Å². The van der Waals surface area contributed by atoms with E-state index in [1.165, 1.54) is 0 Å². The van der Waals surface area contributed by atoms with Gasteiger partial charge in [0.05, 0.1) is 17.4 Å². The highest BCUT2D eigenvalue weighted by Gasteiger charge is 2.25. The molecule has 1 aromatic heterocycles. The molecule has 1 saturated carbocycles. The van der Waals surface area contributed by atoms with E-state index < -0.39 is 0 Å². The number of hydrogen-bond acceptors (Lipinski definition) is 3. The topological polar surface area (TPSA) is 51.2 Å². The summed E-state index contributed by atoms with van der Waals surface area (Å²) in [7, 11) is 1.61. The van der Waals surface area contributed by atoms with Crippen molar-refractivity contribution in [1.82, 2.24) is 10.3 Å². The molecule has 1 fully saturated rings. The predicted octanol–water partition coefficient (Wildman–Crippen LogP) is 1.54. The molecule has 4 heteroatoms. The van der Waals surface area contributed by atoms with Crippen molar-refractivity contribution in [2.45, 2.75) is 32.3 Å². The third-order valence-corrected chi connectivity index (χ3v) is 2.57. The average Bonchev–Trinajstić information content (AvgIpc) is 3.12. The lowest BCUT2D eigenvalue weighted by atomic mass is 10.2. The zero-order valence-electron chi connectivity index (χ0n) is 9.62. The maximum atomic E-state index is 11.5. The van der Waals surface area contributed by atoms with Gasteiger partial charge in [0.2, 0.25) is 0 Å². The molecule has 2 rings (SSSR count). The lowest BCUT2D eigenvalue weighted by Crippen LogP contribution is -2.18. The molecule has 1 aromatic rings. The van der Waals surface area contributed by atoms with Crippen molar-refractivity contribution < 1.29 is 9.53 Å². The van der Waals surface area contributed by atoms with Crippen LogP contribution in [0.4, 0.5) is 0 Å². The predicted molar refractivity (Wildman–Crippen MR) is 60.7 cm³/mol. The second kappa shape index (κ2) is 4.51. The fourth-order valence-corrected chi connectivity index (χ4v) is 1.47. The Bertz CT molecular complexity index is 400. The van der Waals surface area contributed by atoms with Crippen molar-refractivity contribution >= 4 is 5.91 Å². The van der Waals surface area contributed by atoms with Crippen LogP contribution in [-0.2, 0) is 6.42 Å². The van der Waals surface area contributed by atoms with Gasteiger partial charge in [-0.15, -0.1) is 0 Å². The van der Waals surface area contributed by atoms with Gasteiger partial charge in [0.1, 0.15) is 5.75 Å². The van der Waals surface area contributed by atoms with Crippen LogP contribution in [0.3, 0.4) is 0 Å². The Morgan fingerprint density at radius 1 is 1.62 bits per heavy atom. The van der Waals surface area contributed by atoms with E-state index in [4.69, 9.17) is 4.74 Å². The first kappa shape index (κ1) is 10.9. The Hall–Kier alpha value is -1.58. The van der Waals surface area contributed by atoms with E-state index >= 15 is 0 Å². The number of aromatic nitrogens is 1. The summed E-state index contributed by atoms with van der Waals surface area (Å²) in [5, 5.41) is 2.58. The summed E-state index contributed by atoms with van der Waals surface area (Å²) in [6.07, 6.45) is 4.95. The molecule has 1 N–H and O–H groups in total. The number of ether oxygens (including phenoxy) is 1. The first-order valence-electron chi connectivity index (χ1n) is 5.62. The third-order valence-electron chi connectivity index (χ3n) is 2.57. The highest BCUT2D eigenvalue weighted by atomic mass is 16.5. The molecule has 1 aliphatic rings. The summed E-state index contributed by atoms with van der Waals surface area (Å²) in [6, 6.07) is 1.78. The molecule has 0 bridgehead atoms. The fraction of sp³-hybridized carbons (Fsp3) is 0.500. The van der Waals surface area contributed by atoms with Gasteiger partial charge in [0.15, 0.2) is 0 Å². The Morgan fingerprint density at radius 2 is 2.38 bits per heavy atom. The maximum Gasteiger partial charge on any atom is 0.252 e. The summed E-state index contributed by atoms with van der Waals surface area (Å²) in [5.41, 5.74) is 1.47. The average molecular weight is 220 g/mol. The van der Waals surface area contributed by atoms with E-state index in [1.54, 1.807) is 19.3 Å². The van der Waals surface area contributed by atoms with Gasteiger partial charge in [-0.05, 0) is 25.3 Å². The first-order chi connectivity index (χ1) is 7.74. The molecular weight excluding hydrogens is 204 g/mol. The van der Waals surface area contributed by atoms with Crippen molar-refractivity contribution in [3.63, 3.8) is 0 Å². The van der Waals surface area contributed by atoms with Crippen molar-refractivity contribution in [3.8, 4) is 5.75 Å². The maximum absolute atomic E-state index is 11.5. The van der Waals surface area contributed by atoms with E-state index in [9.17, 15) is 4.79 Å². The molecule has 0 atom stereocenters. The molecular formula is C12H16N2O2. The van der Waals surface area contributed by atoms with E-state index in [0.29, 0.717) is 11.7 Å². The van der Waals surface area contributed by atoms with Crippen LogP contribution in [0.25, 0.3) is 0 Å². The van der Waals surface area contributed by atoms with Gasteiger partial charge in [-0.1, -0.05) is 6.92 Å². The fourth-order valence-electron chi connectivity index (χ4n) is 1.47. The minimum Gasteiger partial charge on any atom is -0.488 e. The van der Waals surface area contributed by atoms with Gasteiger partial charge >= 0.3 is 0 Å². The van der Waals surface area contributed by atoms with Gasteiger partial charge in [0.25, 0.3) is 5.91 Å². The second-order valence-electron chi connectivity index (χ2n) is 3.92. The number of amides is 1. The lowest BCUT2D eigenvalue weighted by Gasteiger charge is -2.10. The van der Waals surface area contributed by atoms with Gasteiger partial charge in [0, 0.05) is 13.2 Å². The number of carbonyl (C=O) groups is 1. The molecule has 0 radical (unpaired) electrons. The highest BCUT2D eigenvalue weighted by Crippen LogP contribution is 2.29. The van der Waals surface area contributed by atoms with Crippen LogP contribution in [0.1, 0.15) is 35.8 Å².